The second kappa shape index (κ2) is 5.71. The molecule has 0 bridgehead atoms. The fourth-order valence-electron chi connectivity index (χ4n) is 1.57. The van der Waals surface area contributed by atoms with Gasteiger partial charge in [0.2, 0.25) is 0 Å². The fraction of sp³-hybridized carbons (Fsp3) is 0.538. The van der Waals surface area contributed by atoms with Crippen molar-refractivity contribution in [1.29, 1.82) is 0 Å². The second-order valence-corrected chi connectivity index (χ2v) is 5.25. The summed E-state index contributed by atoms with van der Waals surface area (Å²) < 4.78 is 0. The van der Waals surface area contributed by atoms with E-state index in [1.54, 1.807) is 0 Å². The van der Waals surface area contributed by atoms with Gasteiger partial charge in [0.05, 0.1) is 22.9 Å². The quantitative estimate of drug-likeness (QED) is 0.849. The molecular formula is C13H21ClN2O. The molecule has 0 heterocycles. The molecule has 0 aliphatic rings. The number of anilines is 1. The van der Waals surface area contributed by atoms with E-state index in [1.165, 1.54) is 0 Å². The van der Waals surface area contributed by atoms with Crippen LogP contribution in [0.2, 0.25) is 5.02 Å². The van der Waals surface area contributed by atoms with Crippen molar-refractivity contribution in [2.24, 2.45) is 0 Å². The first kappa shape index (κ1) is 14.3. The first-order valence-corrected chi connectivity index (χ1v) is 6.08. The average molecular weight is 257 g/mol. The second-order valence-electron chi connectivity index (χ2n) is 4.85. The Bertz CT molecular complexity index is 380. The summed E-state index contributed by atoms with van der Waals surface area (Å²) in [6, 6.07) is 5.99. The van der Waals surface area contributed by atoms with Crippen LogP contribution in [0.15, 0.2) is 18.2 Å². The standard InChI is InChI=1S/C13H21ClN2O/c1-13(2,9-17)16(4)12-6-5-10(8-15-3)7-11(12)14/h5-7,15,17H,8-9H2,1-4H3. The molecule has 0 fully saturated rings. The van der Waals surface area contributed by atoms with Crippen molar-refractivity contribution in [3.05, 3.63) is 28.8 Å². The van der Waals surface area contributed by atoms with Crippen LogP contribution < -0.4 is 10.2 Å². The van der Waals surface area contributed by atoms with Crippen molar-refractivity contribution in [3.63, 3.8) is 0 Å². The molecule has 0 saturated carbocycles. The zero-order valence-corrected chi connectivity index (χ0v) is 11.7. The van der Waals surface area contributed by atoms with Crippen molar-refractivity contribution in [2.45, 2.75) is 25.9 Å². The topological polar surface area (TPSA) is 35.5 Å². The number of nitrogens with zero attached hydrogens (tertiary/aromatic N) is 1. The molecular weight excluding hydrogens is 236 g/mol. The highest BCUT2D eigenvalue weighted by Crippen LogP contribution is 2.30. The minimum absolute atomic E-state index is 0.0814. The molecule has 0 aliphatic heterocycles. The molecule has 96 valence electrons. The lowest BCUT2D eigenvalue weighted by molar-refractivity contribution is 0.216. The van der Waals surface area contributed by atoms with Gasteiger partial charge < -0.3 is 15.3 Å². The Balaban J connectivity index is 2.99. The van der Waals surface area contributed by atoms with Crippen LogP contribution in [0.25, 0.3) is 0 Å². The van der Waals surface area contributed by atoms with E-state index in [-0.39, 0.29) is 12.1 Å². The van der Waals surface area contributed by atoms with Crippen LogP contribution in [0.3, 0.4) is 0 Å². The van der Waals surface area contributed by atoms with Crippen LogP contribution in [0, 0.1) is 0 Å². The lowest BCUT2D eigenvalue weighted by Crippen LogP contribution is -2.44. The van der Waals surface area contributed by atoms with E-state index < -0.39 is 0 Å². The van der Waals surface area contributed by atoms with Gasteiger partial charge in [-0.1, -0.05) is 17.7 Å². The zero-order chi connectivity index (χ0) is 13.1. The maximum Gasteiger partial charge on any atom is 0.0658 e. The van der Waals surface area contributed by atoms with E-state index in [0.29, 0.717) is 5.02 Å². The minimum Gasteiger partial charge on any atom is -0.394 e. The number of nitrogens with one attached hydrogen (secondary N) is 1. The molecule has 1 aromatic carbocycles. The first-order valence-electron chi connectivity index (χ1n) is 5.70. The van der Waals surface area contributed by atoms with Crippen molar-refractivity contribution in [2.75, 3.05) is 25.6 Å². The third-order valence-corrected chi connectivity index (χ3v) is 3.35. The number of aliphatic hydroxyl groups excluding tert-OH is 1. The third kappa shape index (κ3) is 3.35. The normalized spacial score (nSPS) is 11.6. The Labute approximate surface area is 108 Å². The van der Waals surface area contributed by atoms with E-state index in [1.807, 2.05) is 51.0 Å². The van der Waals surface area contributed by atoms with Crippen molar-refractivity contribution < 1.29 is 5.11 Å². The van der Waals surface area contributed by atoms with Crippen molar-refractivity contribution in [3.8, 4) is 0 Å². The Morgan fingerprint density at radius 3 is 2.53 bits per heavy atom. The Kier molecular flexibility index (Phi) is 4.80. The van der Waals surface area contributed by atoms with Crippen LogP contribution in [-0.4, -0.2) is 31.3 Å². The Hall–Kier alpha value is -0.770. The van der Waals surface area contributed by atoms with Crippen LogP contribution in [0.4, 0.5) is 5.69 Å². The fourth-order valence-corrected chi connectivity index (χ4v) is 1.90. The summed E-state index contributed by atoms with van der Waals surface area (Å²) in [5.41, 5.74) is 1.76. The van der Waals surface area contributed by atoms with Gasteiger partial charge in [0.15, 0.2) is 0 Å². The van der Waals surface area contributed by atoms with Gasteiger partial charge >= 0.3 is 0 Å². The van der Waals surface area contributed by atoms with E-state index >= 15 is 0 Å². The van der Waals surface area contributed by atoms with Gasteiger partial charge in [-0.15, -0.1) is 0 Å². The van der Waals surface area contributed by atoms with E-state index in [9.17, 15) is 5.11 Å². The highest BCUT2D eigenvalue weighted by Gasteiger charge is 2.24. The van der Waals surface area contributed by atoms with Crippen LogP contribution in [0.5, 0.6) is 0 Å². The molecule has 0 radical (unpaired) electrons. The highest BCUT2D eigenvalue weighted by molar-refractivity contribution is 6.33. The Morgan fingerprint density at radius 1 is 1.41 bits per heavy atom. The maximum atomic E-state index is 9.36. The maximum absolute atomic E-state index is 9.36. The van der Waals surface area contributed by atoms with Crippen molar-refractivity contribution >= 4 is 17.3 Å². The highest BCUT2D eigenvalue weighted by atomic mass is 35.5. The molecule has 1 rings (SSSR count). The number of benzene rings is 1. The summed E-state index contributed by atoms with van der Waals surface area (Å²) in [5, 5.41) is 13.2. The monoisotopic (exact) mass is 256 g/mol. The van der Waals surface area contributed by atoms with Gasteiger partial charge in [0.1, 0.15) is 0 Å². The van der Waals surface area contributed by atoms with Gasteiger partial charge in [0.25, 0.3) is 0 Å². The molecule has 3 nitrogen and oxygen atoms in total. The minimum atomic E-state index is -0.325. The molecule has 1 aromatic rings. The molecule has 17 heavy (non-hydrogen) atoms. The molecule has 0 amide bonds. The number of halogens is 1. The van der Waals surface area contributed by atoms with Gasteiger partial charge in [-0.2, -0.15) is 0 Å². The summed E-state index contributed by atoms with van der Waals surface area (Å²) >= 11 is 6.27. The smallest absolute Gasteiger partial charge is 0.0658 e. The average Bonchev–Trinajstić information content (AvgIpc) is 2.29. The SMILES string of the molecule is CNCc1ccc(N(C)C(C)(C)CO)c(Cl)c1. The van der Waals surface area contributed by atoms with Crippen LogP contribution >= 0.6 is 11.6 Å². The number of aliphatic hydroxyl groups is 1. The van der Waals surface area contributed by atoms with Gasteiger partial charge in [-0.25, -0.2) is 0 Å². The van der Waals surface area contributed by atoms with E-state index in [4.69, 9.17) is 11.6 Å². The first-order chi connectivity index (χ1) is 7.92. The van der Waals surface area contributed by atoms with Gasteiger partial charge in [-0.3, -0.25) is 0 Å². The van der Waals surface area contributed by atoms with Crippen LogP contribution in [0.1, 0.15) is 19.4 Å². The molecule has 0 spiro atoms. The molecule has 2 N–H and O–H groups in total. The molecule has 0 aromatic heterocycles. The van der Waals surface area contributed by atoms with Crippen LogP contribution in [-0.2, 0) is 6.54 Å². The summed E-state index contributed by atoms with van der Waals surface area (Å²) in [4.78, 5) is 2.00. The Morgan fingerprint density at radius 2 is 2.06 bits per heavy atom. The van der Waals surface area contributed by atoms with Crippen molar-refractivity contribution in [1.82, 2.24) is 5.32 Å². The molecule has 0 saturated heterocycles. The molecule has 0 aliphatic carbocycles. The zero-order valence-electron chi connectivity index (χ0n) is 10.9. The van der Waals surface area contributed by atoms with Gasteiger partial charge in [0, 0.05) is 13.6 Å². The van der Waals surface area contributed by atoms with Gasteiger partial charge in [-0.05, 0) is 38.6 Å². The predicted molar refractivity (Wildman–Crippen MR) is 73.8 cm³/mol. The molecule has 0 unspecified atom stereocenters. The number of likely N-dealkylation sites (N-methyl/N-ethyl adjacent to an activating group) is 1. The summed E-state index contributed by atoms with van der Waals surface area (Å²) in [7, 11) is 3.85. The summed E-state index contributed by atoms with van der Waals surface area (Å²) in [6.07, 6.45) is 0. The largest absolute Gasteiger partial charge is 0.394 e. The summed E-state index contributed by atoms with van der Waals surface area (Å²) in [5.74, 6) is 0. The third-order valence-electron chi connectivity index (χ3n) is 3.05. The lowest BCUT2D eigenvalue weighted by atomic mass is 10.0. The number of hydrogen-bond donors (Lipinski definition) is 2. The number of hydrogen-bond acceptors (Lipinski definition) is 3. The lowest BCUT2D eigenvalue weighted by Gasteiger charge is -2.36. The van der Waals surface area contributed by atoms with E-state index in [2.05, 4.69) is 5.32 Å². The number of rotatable bonds is 5. The summed E-state index contributed by atoms with van der Waals surface area (Å²) in [6.45, 7) is 4.83. The molecule has 0 atom stereocenters. The predicted octanol–water partition coefficient (Wildman–Crippen LogP) is 2.27. The molecule has 4 heteroatoms. The van der Waals surface area contributed by atoms with E-state index in [0.717, 1.165) is 17.8 Å².